The molecule has 8 heteroatoms. The second-order valence-corrected chi connectivity index (χ2v) is 4.54. The highest BCUT2D eigenvalue weighted by Crippen LogP contribution is 2.26. The number of hydrogen-bond acceptors (Lipinski definition) is 6. The summed E-state index contributed by atoms with van der Waals surface area (Å²) in [5.41, 5.74) is 7.55. The van der Waals surface area contributed by atoms with Crippen molar-refractivity contribution in [3.63, 3.8) is 0 Å². The van der Waals surface area contributed by atoms with E-state index in [1.54, 1.807) is 11.6 Å². The van der Waals surface area contributed by atoms with E-state index in [1.807, 2.05) is 30.3 Å². The van der Waals surface area contributed by atoms with Gasteiger partial charge in [0.15, 0.2) is 0 Å². The first-order valence-corrected chi connectivity index (χ1v) is 6.46. The Morgan fingerprint density at radius 2 is 1.95 bits per heavy atom. The lowest BCUT2D eigenvalue weighted by atomic mass is 10.3. The average Bonchev–Trinajstić information content (AvgIpc) is 2.94. The molecule has 0 unspecified atom stereocenters. The van der Waals surface area contributed by atoms with Crippen molar-refractivity contribution in [3.05, 3.63) is 47.6 Å². The van der Waals surface area contributed by atoms with Crippen LogP contribution in [0.3, 0.4) is 0 Å². The Morgan fingerprint density at radius 1 is 1.19 bits per heavy atom. The highest BCUT2D eigenvalue weighted by molar-refractivity contribution is 6.28. The number of rotatable bonds is 3. The molecule has 1 aromatic carbocycles. The van der Waals surface area contributed by atoms with Gasteiger partial charge >= 0.3 is 6.01 Å². The van der Waals surface area contributed by atoms with Crippen LogP contribution in [0.5, 0.6) is 11.9 Å². The third kappa shape index (κ3) is 2.77. The molecule has 0 saturated carbocycles. The number of halogens is 1. The van der Waals surface area contributed by atoms with Crippen LogP contribution in [0, 0.1) is 6.92 Å². The fourth-order valence-electron chi connectivity index (χ4n) is 1.69. The Balaban J connectivity index is 1.89. The second-order valence-electron chi connectivity index (χ2n) is 4.21. The van der Waals surface area contributed by atoms with Crippen LogP contribution in [-0.4, -0.2) is 24.7 Å². The topological polar surface area (TPSA) is 91.7 Å². The Bertz CT molecular complexity index is 774. The quantitative estimate of drug-likeness (QED) is 0.747. The Morgan fingerprint density at radius 3 is 2.71 bits per heavy atom. The van der Waals surface area contributed by atoms with Crippen molar-refractivity contribution in [2.75, 3.05) is 5.73 Å². The largest absolute Gasteiger partial charge is 0.402 e. The number of aryl methyl sites for hydroxylation is 1. The minimum atomic E-state index is 0.0548. The van der Waals surface area contributed by atoms with Crippen molar-refractivity contribution in [2.24, 2.45) is 0 Å². The van der Waals surface area contributed by atoms with Crippen LogP contribution in [0.25, 0.3) is 5.69 Å². The maximum Gasteiger partial charge on any atom is 0.342 e. The maximum atomic E-state index is 5.85. The molecule has 0 aliphatic rings. The zero-order chi connectivity index (χ0) is 14.8. The maximum absolute atomic E-state index is 5.85. The summed E-state index contributed by atoms with van der Waals surface area (Å²) in [6.45, 7) is 1.71. The van der Waals surface area contributed by atoms with Gasteiger partial charge in [0.25, 0.3) is 5.88 Å². The molecule has 0 fully saturated rings. The van der Waals surface area contributed by atoms with Crippen LogP contribution in [0.15, 0.2) is 36.7 Å². The number of ether oxygens (including phenoxy) is 1. The molecule has 0 bridgehead atoms. The van der Waals surface area contributed by atoms with Crippen LogP contribution in [-0.2, 0) is 0 Å². The van der Waals surface area contributed by atoms with Crippen molar-refractivity contribution in [1.82, 2.24) is 24.7 Å². The number of nitrogen functional groups attached to an aromatic ring is 1. The van der Waals surface area contributed by atoms with Crippen molar-refractivity contribution in [2.45, 2.75) is 6.92 Å². The molecule has 0 spiro atoms. The zero-order valence-corrected chi connectivity index (χ0v) is 11.8. The Hall–Kier alpha value is -2.67. The molecular weight excluding hydrogens is 292 g/mol. The molecule has 0 aliphatic carbocycles. The lowest BCUT2D eigenvalue weighted by molar-refractivity contribution is 0.425. The average molecular weight is 303 g/mol. The van der Waals surface area contributed by atoms with Gasteiger partial charge in [0.05, 0.1) is 11.4 Å². The molecule has 3 rings (SSSR count). The van der Waals surface area contributed by atoms with Crippen molar-refractivity contribution in [1.29, 1.82) is 0 Å². The van der Waals surface area contributed by atoms with E-state index < -0.39 is 0 Å². The summed E-state index contributed by atoms with van der Waals surface area (Å²) in [5.74, 6) is 0.137. The van der Waals surface area contributed by atoms with Gasteiger partial charge in [-0.15, -0.1) is 5.10 Å². The summed E-state index contributed by atoms with van der Waals surface area (Å²) in [5, 5.41) is 4.26. The molecule has 0 saturated heterocycles. The molecule has 0 radical (unpaired) electrons. The Kier molecular flexibility index (Phi) is 3.41. The third-order valence-corrected chi connectivity index (χ3v) is 2.92. The van der Waals surface area contributed by atoms with Crippen LogP contribution in [0.2, 0.25) is 5.28 Å². The van der Waals surface area contributed by atoms with Crippen LogP contribution >= 0.6 is 11.6 Å². The van der Waals surface area contributed by atoms with E-state index in [1.165, 1.54) is 6.33 Å². The summed E-state index contributed by atoms with van der Waals surface area (Å²) in [4.78, 5) is 11.9. The van der Waals surface area contributed by atoms with E-state index in [4.69, 9.17) is 22.1 Å². The van der Waals surface area contributed by atoms with E-state index in [2.05, 4.69) is 20.1 Å². The molecule has 0 aliphatic heterocycles. The molecule has 106 valence electrons. The standard InChI is InChI=1S/C13H11ClN6O/c1-8-10(15)11(18-12(14)17-8)21-13-16-7-20(19-13)9-5-3-2-4-6-9/h2-7H,15H2,1H3. The van der Waals surface area contributed by atoms with Crippen LogP contribution in [0.1, 0.15) is 5.69 Å². The summed E-state index contributed by atoms with van der Waals surface area (Å²) < 4.78 is 7.05. The van der Waals surface area contributed by atoms with Crippen LogP contribution < -0.4 is 10.5 Å². The minimum Gasteiger partial charge on any atom is -0.402 e. The predicted molar refractivity (Wildman–Crippen MR) is 77.6 cm³/mol. The number of benzene rings is 1. The molecule has 2 heterocycles. The SMILES string of the molecule is Cc1nc(Cl)nc(Oc2ncn(-c3ccccc3)n2)c1N. The van der Waals surface area contributed by atoms with E-state index >= 15 is 0 Å². The summed E-state index contributed by atoms with van der Waals surface area (Å²) in [7, 11) is 0. The van der Waals surface area contributed by atoms with Gasteiger partial charge in [-0.3, -0.25) is 0 Å². The van der Waals surface area contributed by atoms with Gasteiger partial charge < -0.3 is 10.5 Å². The molecule has 2 N–H and O–H groups in total. The highest BCUT2D eigenvalue weighted by Gasteiger charge is 2.12. The van der Waals surface area contributed by atoms with Crippen molar-refractivity contribution < 1.29 is 4.74 Å². The fourth-order valence-corrected chi connectivity index (χ4v) is 1.89. The zero-order valence-electron chi connectivity index (χ0n) is 11.1. The highest BCUT2D eigenvalue weighted by atomic mass is 35.5. The molecule has 21 heavy (non-hydrogen) atoms. The van der Waals surface area contributed by atoms with E-state index in [0.29, 0.717) is 11.4 Å². The lowest BCUT2D eigenvalue weighted by Gasteiger charge is -2.06. The van der Waals surface area contributed by atoms with Gasteiger partial charge in [0.2, 0.25) is 5.28 Å². The molecular formula is C13H11ClN6O. The van der Waals surface area contributed by atoms with Gasteiger partial charge in [-0.25, -0.2) is 9.67 Å². The van der Waals surface area contributed by atoms with Gasteiger partial charge in [-0.2, -0.15) is 9.97 Å². The first-order chi connectivity index (χ1) is 10.1. The summed E-state index contributed by atoms with van der Waals surface area (Å²) in [6, 6.07) is 9.66. The number of anilines is 1. The number of para-hydroxylation sites is 1. The minimum absolute atomic E-state index is 0.0548. The first kappa shape index (κ1) is 13.3. The summed E-state index contributed by atoms with van der Waals surface area (Å²) in [6.07, 6.45) is 1.54. The molecule has 0 atom stereocenters. The van der Waals surface area contributed by atoms with Crippen molar-refractivity contribution in [3.8, 4) is 17.6 Å². The number of aromatic nitrogens is 5. The van der Waals surface area contributed by atoms with E-state index in [-0.39, 0.29) is 17.2 Å². The van der Waals surface area contributed by atoms with Gasteiger partial charge in [-0.1, -0.05) is 18.2 Å². The van der Waals surface area contributed by atoms with Gasteiger partial charge in [-0.05, 0) is 30.7 Å². The van der Waals surface area contributed by atoms with Crippen molar-refractivity contribution >= 4 is 17.3 Å². The third-order valence-electron chi connectivity index (χ3n) is 2.75. The monoisotopic (exact) mass is 302 g/mol. The van der Waals surface area contributed by atoms with E-state index in [0.717, 1.165) is 5.69 Å². The van der Waals surface area contributed by atoms with Gasteiger partial charge in [0, 0.05) is 0 Å². The van der Waals surface area contributed by atoms with Gasteiger partial charge in [0.1, 0.15) is 12.0 Å². The molecule has 2 aromatic heterocycles. The second kappa shape index (κ2) is 5.37. The van der Waals surface area contributed by atoms with E-state index in [9.17, 15) is 0 Å². The lowest BCUT2D eigenvalue weighted by Crippen LogP contribution is -2.02. The summed E-state index contributed by atoms with van der Waals surface area (Å²) >= 11 is 5.79. The number of hydrogen-bond donors (Lipinski definition) is 1. The first-order valence-electron chi connectivity index (χ1n) is 6.08. The smallest absolute Gasteiger partial charge is 0.342 e. The van der Waals surface area contributed by atoms with Crippen LogP contribution in [0.4, 0.5) is 5.69 Å². The number of nitrogens with zero attached hydrogens (tertiary/aromatic N) is 5. The molecule has 3 aromatic rings. The fraction of sp³-hybridized carbons (Fsp3) is 0.0769. The molecule has 7 nitrogen and oxygen atoms in total. The normalized spacial score (nSPS) is 10.6. The predicted octanol–water partition coefficient (Wildman–Crippen LogP) is 2.39. The Labute approximate surface area is 125 Å². The number of nitrogens with two attached hydrogens (primary N) is 1. The molecule has 0 amide bonds.